The number of carbonyl (C=O) groups excluding carboxylic acids is 3. The largest absolute Gasteiger partial charge is 0.490 e. The maximum Gasteiger partial charge on any atom is 0.332 e. The number of imide groups is 1. The minimum atomic E-state index is -0.512. The molecule has 2 aliphatic rings. The molecule has 11 heteroatoms. The fourth-order valence-electron chi connectivity index (χ4n) is 5.96. The van der Waals surface area contributed by atoms with Gasteiger partial charge in [0.2, 0.25) is 5.91 Å². The molecule has 0 N–H and O–H groups in total. The van der Waals surface area contributed by atoms with Crippen molar-refractivity contribution < 1.29 is 33.3 Å². The van der Waals surface area contributed by atoms with Crippen molar-refractivity contribution in [3.8, 4) is 23.0 Å². The van der Waals surface area contributed by atoms with Crippen molar-refractivity contribution >= 4 is 39.5 Å². The number of rotatable bonds is 13. The van der Waals surface area contributed by atoms with Crippen LogP contribution in [0.4, 0.5) is 10.5 Å². The van der Waals surface area contributed by atoms with Crippen molar-refractivity contribution in [1.82, 2.24) is 9.80 Å². The average molecular weight is 695 g/mol. The summed E-state index contributed by atoms with van der Waals surface area (Å²) in [6.45, 7) is 9.57. The van der Waals surface area contributed by atoms with E-state index in [2.05, 4.69) is 15.9 Å². The van der Waals surface area contributed by atoms with Crippen LogP contribution < -0.4 is 23.8 Å². The molecule has 0 aliphatic carbocycles. The van der Waals surface area contributed by atoms with Crippen molar-refractivity contribution in [3.05, 3.63) is 75.8 Å². The van der Waals surface area contributed by atoms with Gasteiger partial charge in [-0.2, -0.15) is 0 Å². The molecule has 4 amide bonds. The summed E-state index contributed by atoms with van der Waals surface area (Å²) in [6, 6.07) is 16.0. The van der Waals surface area contributed by atoms with Gasteiger partial charge >= 0.3 is 6.03 Å². The maximum atomic E-state index is 14.1. The molecule has 0 saturated carbocycles. The number of amides is 4. The van der Waals surface area contributed by atoms with Crippen molar-refractivity contribution in [3.63, 3.8) is 0 Å². The second-order valence-corrected chi connectivity index (χ2v) is 11.8. The summed E-state index contributed by atoms with van der Waals surface area (Å²) in [5.41, 5.74) is 3.54. The highest BCUT2D eigenvalue weighted by Crippen LogP contribution is 2.41. The third-order valence-electron chi connectivity index (χ3n) is 8.01. The van der Waals surface area contributed by atoms with Crippen LogP contribution in [0.15, 0.2) is 59.1 Å². The highest BCUT2D eigenvalue weighted by atomic mass is 79.9. The van der Waals surface area contributed by atoms with Crippen molar-refractivity contribution in [1.29, 1.82) is 0 Å². The standard InChI is InChI=1S/C35H40BrN3O7/c1-5-43-29-14-9-23(18-30(29)44-6-2)17-28-27-20-32(46-8-4)31(45-7-3)19-24(27)15-16-37(28)33(40)22-39-34(41)21-38(35(39)42)26-12-10-25(36)11-13-26/h9-14,18-20,28H,5-8,15-17,21-22H2,1-4H3. The normalized spacial score (nSPS) is 16.0. The second kappa shape index (κ2) is 14.9. The van der Waals surface area contributed by atoms with Crippen LogP contribution in [0.5, 0.6) is 23.0 Å². The van der Waals surface area contributed by atoms with Crippen molar-refractivity contribution in [2.75, 3.05) is 51.0 Å². The number of hydrogen-bond donors (Lipinski definition) is 0. The summed E-state index contributed by atoms with van der Waals surface area (Å²) in [7, 11) is 0. The van der Waals surface area contributed by atoms with Gasteiger partial charge in [0.1, 0.15) is 13.1 Å². The van der Waals surface area contributed by atoms with Gasteiger partial charge in [-0.3, -0.25) is 19.4 Å². The number of nitrogens with zero attached hydrogens (tertiary/aromatic N) is 3. The zero-order valence-corrected chi connectivity index (χ0v) is 28.3. The number of urea groups is 1. The van der Waals surface area contributed by atoms with E-state index in [0.29, 0.717) is 74.5 Å². The van der Waals surface area contributed by atoms with Gasteiger partial charge in [-0.05, 0) is 106 Å². The molecular formula is C35H40BrN3O7. The van der Waals surface area contributed by atoms with Gasteiger partial charge in [0.15, 0.2) is 23.0 Å². The topological polar surface area (TPSA) is 97.9 Å². The Morgan fingerprint density at radius 2 is 1.41 bits per heavy atom. The molecule has 2 heterocycles. The summed E-state index contributed by atoms with van der Waals surface area (Å²) in [4.78, 5) is 44.7. The molecule has 2 aliphatic heterocycles. The molecule has 1 saturated heterocycles. The number of anilines is 1. The van der Waals surface area contributed by atoms with Crippen molar-refractivity contribution in [2.45, 2.75) is 46.6 Å². The summed E-state index contributed by atoms with van der Waals surface area (Å²) in [6.07, 6.45) is 1.06. The van der Waals surface area contributed by atoms with Crippen LogP contribution in [-0.4, -0.2) is 73.7 Å². The molecule has 3 aromatic carbocycles. The molecule has 1 unspecified atom stereocenters. The van der Waals surface area contributed by atoms with Crippen LogP contribution in [0.25, 0.3) is 0 Å². The Kier molecular flexibility index (Phi) is 10.7. The molecule has 5 rings (SSSR count). The fraction of sp³-hybridized carbons (Fsp3) is 0.400. The first-order valence-corrected chi connectivity index (χ1v) is 16.5. The first-order valence-electron chi connectivity index (χ1n) is 15.8. The van der Waals surface area contributed by atoms with E-state index in [9.17, 15) is 14.4 Å². The molecule has 1 atom stereocenters. The summed E-state index contributed by atoms with van der Waals surface area (Å²) in [5.74, 6) is 1.85. The molecule has 0 aromatic heterocycles. The summed E-state index contributed by atoms with van der Waals surface area (Å²) >= 11 is 3.40. The molecule has 0 spiro atoms. The van der Waals surface area contributed by atoms with E-state index in [4.69, 9.17) is 18.9 Å². The minimum Gasteiger partial charge on any atom is -0.490 e. The Hall–Kier alpha value is -4.25. The Bertz CT molecular complexity index is 1580. The van der Waals surface area contributed by atoms with E-state index >= 15 is 0 Å². The molecule has 3 aromatic rings. The van der Waals surface area contributed by atoms with Crippen LogP contribution in [-0.2, 0) is 22.4 Å². The predicted molar refractivity (Wildman–Crippen MR) is 178 cm³/mol. The van der Waals surface area contributed by atoms with E-state index in [0.717, 1.165) is 26.1 Å². The van der Waals surface area contributed by atoms with Crippen LogP contribution in [0.3, 0.4) is 0 Å². The van der Waals surface area contributed by atoms with Crippen LogP contribution in [0.1, 0.15) is 50.4 Å². The molecule has 10 nitrogen and oxygen atoms in total. The van der Waals surface area contributed by atoms with Gasteiger partial charge in [-0.25, -0.2) is 4.79 Å². The van der Waals surface area contributed by atoms with E-state index in [1.165, 1.54) is 4.90 Å². The van der Waals surface area contributed by atoms with Gasteiger partial charge in [-0.1, -0.05) is 22.0 Å². The lowest BCUT2D eigenvalue weighted by molar-refractivity contribution is -0.138. The second-order valence-electron chi connectivity index (χ2n) is 10.9. The molecule has 244 valence electrons. The third kappa shape index (κ3) is 7.09. The highest BCUT2D eigenvalue weighted by molar-refractivity contribution is 9.10. The van der Waals surface area contributed by atoms with Crippen LogP contribution >= 0.6 is 15.9 Å². The average Bonchev–Trinajstić information content (AvgIpc) is 3.32. The summed E-state index contributed by atoms with van der Waals surface area (Å²) in [5, 5.41) is 0. The molecule has 1 fully saturated rings. The van der Waals surface area contributed by atoms with E-state index in [1.54, 1.807) is 17.0 Å². The Morgan fingerprint density at radius 1 is 0.804 bits per heavy atom. The molecular weight excluding hydrogens is 654 g/mol. The summed E-state index contributed by atoms with van der Waals surface area (Å²) < 4.78 is 24.4. The molecule has 46 heavy (non-hydrogen) atoms. The zero-order valence-electron chi connectivity index (χ0n) is 26.7. The monoisotopic (exact) mass is 693 g/mol. The fourth-order valence-corrected chi connectivity index (χ4v) is 6.22. The quantitative estimate of drug-likeness (QED) is 0.197. The van der Waals surface area contributed by atoms with Gasteiger partial charge in [-0.15, -0.1) is 0 Å². The number of hydrogen-bond acceptors (Lipinski definition) is 7. The van der Waals surface area contributed by atoms with E-state index in [-0.39, 0.29) is 19.0 Å². The number of ether oxygens (including phenoxy) is 4. The third-order valence-corrected chi connectivity index (χ3v) is 8.54. The lowest BCUT2D eigenvalue weighted by Gasteiger charge is -2.38. The number of carbonyl (C=O) groups is 3. The Balaban J connectivity index is 1.47. The minimum absolute atomic E-state index is 0.121. The SMILES string of the molecule is CCOc1ccc(CC2c3cc(OCC)c(OCC)cc3CCN2C(=O)CN2C(=O)CN(c3ccc(Br)cc3)C2=O)cc1OCC. The zero-order chi connectivity index (χ0) is 32.8. The molecule has 0 radical (unpaired) electrons. The van der Waals surface area contributed by atoms with Gasteiger partial charge < -0.3 is 23.8 Å². The lowest BCUT2D eigenvalue weighted by Crippen LogP contribution is -2.47. The Labute approximate surface area is 278 Å². The number of benzene rings is 3. The number of halogens is 1. The smallest absolute Gasteiger partial charge is 0.332 e. The number of fused-ring (bicyclic) bond motifs is 1. The maximum absolute atomic E-state index is 14.1. The first-order chi connectivity index (χ1) is 22.3. The Morgan fingerprint density at radius 3 is 2.07 bits per heavy atom. The van der Waals surface area contributed by atoms with Crippen LogP contribution in [0, 0.1) is 0 Å². The van der Waals surface area contributed by atoms with E-state index < -0.39 is 18.0 Å². The van der Waals surface area contributed by atoms with Crippen LogP contribution in [0.2, 0.25) is 0 Å². The van der Waals surface area contributed by atoms with Gasteiger partial charge in [0.05, 0.1) is 32.5 Å². The van der Waals surface area contributed by atoms with E-state index in [1.807, 2.05) is 70.2 Å². The highest BCUT2D eigenvalue weighted by Gasteiger charge is 2.40. The van der Waals surface area contributed by atoms with Crippen molar-refractivity contribution in [2.24, 2.45) is 0 Å². The predicted octanol–water partition coefficient (Wildman–Crippen LogP) is 6.18. The molecule has 0 bridgehead atoms. The lowest BCUT2D eigenvalue weighted by atomic mass is 9.88. The van der Waals surface area contributed by atoms with Gasteiger partial charge in [0, 0.05) is 16.7 Å². The first kappa shape index (κ1) is 33.1. The van der Waals surface area contributed by atoms with Gasteiger partial charge in [0.25, 0.3) is 5.91 Å².